The quantitative estimate of drug-likeness (QED) is 0.492. The third-order valence-electron chi connectivity index (χ3n) is 1.67. The number of nitrogens with two attached hydrogens (primary N) is 1. The van der Waals surface area contributed by atoms with E-state index in [1.807, 2.05) is 0 Å². The minimum Gasteiger partial charge on any atom is -0.385 e. The molecule has 1 aromatic heterocycles. The van der Waals surface area contributed by atoms with Crippen LogP contribution in [0.3, 0.4) is 0 Å². The standard InChI is InChI=1S/C6H9N2O5PS/c1-12-14(11,13-2)5-3-4(8(9)10)6(7)15-5/h3H,7H2,1-2H3. The van der Waals surface area contributed by atoms with Crippen molar-refractivity contribution in [3.05, 3.63) is 16.2 Å². The van der Waals surface area contributed by atoms with Crippen molar-refractivity contribution in [1.29, 1.82) is 0 Å². The van der Waals surface area contributed by atoms with Gasteiger partial charge in [-0.05, 0) is 0 Å². The fraction of sp³-hybridized carbons (Fsp3) is 0.333. The summed E-state index contributed by atoms with van der Waals surface area (Å²) in [6.45, 7) is 0. The molecule has 1 aromatic rings. The molecular weight excluding hydrogens is 243 g/mol. The highest BCUT2D eigenvalue weighted by Gasteiger charge is 2.31. The van der Waals surface area contributed by atoms with Gasteiger partial charge in [-0.1, -0.05) is 0 Å². The van der Waals surface area contributed by atoms with E-state index in [0.29, 0.717) is 0 Å². The lowest BCUT2D eigenvalue weighted by molar-refractivity contribution is -0.383. The highest BCUT2D eigenvalue weighted by atomic mass is 32.1. The molecular formula is C6H9N2O5PS. The Bertz CT molecular complexity index is 423. The molecule has 7 nitrogen and oxygen atoms in total. The van der Waals surface area contributed by atoms with Gasteiger partial charge in [-0.3, -0.25) is 14.7 Å². The summed E-state index contributed by atoms with van der Waals surface area (Å²) in [6, 6.07) is 1.10. The molecule has 0 fully saturated rings. The van der Waals surface area contributed by atoms with Gasteiger partial charge in [0.2, 0.25) is 0 Å². The summed E-state index contributed by atoms with van der Waals surface area (Å²) < 4.78 is 21.3. The summed E-state index contributed by atoms with van der Waals surface area (Å²) >= 11 is 0.822. The van der Waals surface area contributed by atoms with E-state index >= 15 is 0 Å². The molecule has 9 heteroatoms. The molecule has 0 aromatic carbocycles. The Hall–Kier alpha value is -0.950. The molecule has 0 bridgehead atoms. The van der Waals surface area contributed by atoms with Crippen LogP contribution >= 0.6 is 18.9 Å². The molecule has 84 valence electrons. The van der Waals surface area contributed by atoms with Crippen LogP contribution in [0.5, 0.6) is 0 Å². The summed E-state index contributed by atoms with van der Waals surface area (Å²) in [7, 11) is -1.04. The van der Waals surface area contributed by atoms with Crippen molar-refractivity contribution in [2.24, 2.45) is 0 Å². The molecule has 0 aliphatic heterocycles. The summed E-state index contributed by atoms with van der Waals surface area (Å²) in [5.74, 6) is 0. The van der Waals surface area contributed by atoms with Gasteiger partial charge in [0.15, 0.2) is 5.00 Å². The Balaban J connectivity index is 3.23. The van der Waals surface area contributed by atoms with Gasteiger partial charge in [0.1, 0.15) is 4.62 Å². The largest absolute Gasteiger partial charge is 0.385 e. The van der Waals surface area contributed by atoms with Crippen molar-refractivity contribution < 1.29 is 18.5 Å². The van der Waals surface area contributed by atoms with Crippen LogP contribution in [0.25, 0.3) is 0 Å². The zero-order chi connectivity index (χ0) is 11.6. The molecule has 2 N–H and O–H groups in total. The van der Waals surface area contributed by atoms with Gasteiger partial charge >= 0.3 is 13.3 Å². The summed E-state index contributed by atoms with van der Waals surface area (Å²) in [5.41, 5.74) is 5.11. The maximum atomic E-state index is 11.8. The smallest absolute Gasteiger partial charge is 0.371 e. The Morgan fingerprint density at radius 3 is 2.40 bits per heavy atom. The molecule has 0 radical (unpaired) electrons. The van der Waals surface area contributed by atoms with Gasteiger partial charge in [0, 0.05) is 20.3 Å². The van der Waals surface area contributed by atoms with E-state index in [0.717, 1.165) is 17.4 Å². The Labute approximate surface area is 89.5 Å². The number of nitro groups is 1. The zero-order valence-corrected chi connectivity index (χ0v) is 9.71. The van der Waals surface area contributed by atoms with E-state index in [1.54, 1.807) is 0 Å². The third kappa shape index (κ3) is 2.18. The molecule has 0 aliphatic carbocycles. The lowest BCUT2D eigenvalue weighted by Gasteiger charge is -2.09. The minimum atomic E-state index is -3.45. The Morgan fingerprint density at radius 1 is 1.53 bits per heavy atom. The average molecular weight is 252 g/mol. The fourth-order valence-electron chi connectivity index (χ4n) is 0.915. The second-order valence-electron chi connectivity index (χ2n) is 2.45. The molecule has 0 saturated carbocycles. The summed E-state index contributed by atoms with van der Waals surface area (Å²) in [5, 5.41) is 10.5. The molecule has 1 heterocycles. The van der Waals surface area contributed by atoms with E-state index < -0.39 is 12.5 Å². The van der Waals surface area contributed by atoms with Crippen molar-refractivity contribution in [2.75, 3.05) is 20.0 Å². The van der Waals surface area contributed by atoms with E-state index in [2.05, 4.69) is 9.05 Å². The first-order valence-electron chi connectivity index (χ1n) is 3.70. The van der Waals surface area contributed by atoms with E-state index in [4.69, 9.17) is 5.73 Å². The van der Waals surface area contributed by atoms with Gasteiger partial charge in [-0.15, -0.1) is 11.3 Å². The molecule has 1 rings (SSSR count). The predicted octanol–water partition coefficient (Wildman–Crippen LogP) is 1.35. The molecule has 0 atom stereocenters. The van der Waals surface area contributed by atoms with Crippen LogP contribution in [0.2, 0.25) is 0 Å². The Kier molecular flexibility index (Phi) is 3.46. The monoisotopic (exact) mass is 252 g/mol. The first kappa shape index (κ1) is 12.1. The lowest BCUT2D eigenvalue weighted by Crippen LogP contribution is -2.02. The predicted molar refractivity (Wildman–Crippen MR) is 56.6 cm³/mol. The van der Waals surface area contributed by atoms with Gasteiger partial charge in [-0.2, -0.15) is 0 Å². The van der Waals surface area contributed by atoms with Gasteiger partial charge < -0.3 is 14.8 Å². The minimum absolute atomic E-state index is 0.0238. The number of nitrogen functional groups attached to an aromatic ring is 1. The normalized spacial score (nSPS) is 11.6. The first-order chi connectivity index (χ1) is 6.94. The topological polar surface area (TPSA) is 105 Å². The highest BCUT2D eigenvalue weighted by Crippen LogP contribution is 2.49. The SMILES string of the molecule is COP(=O)(OC)c1cc([N+](=O)[O-])c(N)s1. The number of hydrogen-bond acceptors (Lipinski definition) is 7. The van der Waals surface area contributed by atoms with Crippen molar-refractivity contribution in [3.8, 4) is 0 Å². The van der Waals surface area contributed by atoms with Gasteiger partial charge in [0.05, 0.1) is 4.92 Å². The first-order valence-corrected chi connectivity index (χ1v) is 6.06. The third-order valence-corrected chi connectivity index (χ3v) is 5.01. The number of thiophene rings is 1. The van der Waals surface area contributed by atoms with Crippen molar-refractivity contribution >= 4 is 34.2 Å². The molecule has 15 heavy (non-hydrogen) atoms. The summed E-state index contributed by atoms with van der Waals surface area (Å²) in [4.78, 5) is 9.85. The van der Waals surface area contributed by atoms with Crippen molar-refractivity contribution in [1.82, 2.24) is 0 Å². The van der Waals surface area contributed by atoms with Crippen LogP contribution in [0.15, 0.2) is 6.07 Å². The average Bonchev–Trinajstić information content (AvgIpc) is 2.59. The van der Waals surface area contributed by atoms with E-state index in [9.17, 15) is 14.7 Å². The summed E-state index contributed by atoms with van der Waals surface area (Å²) in [6.07, 6.45) is 0. The molecule has 0 unspecified atom stereocenters. The zero-order valence-electron chi connectivity index (χ0n) is 8.00. The van der Waals surface area contributed by atoms with Crippen LogP contribution in [0.1, 0.15) is 0 Å². The van der Waals surface area contributed by atoms with Crippen LogP contribution in [-0.2, 0) is 13.6 Å². The van der Waals surface area contributed by atoms with Gasteiger partial charge in [0.25, 0.3) is 0 Å². The molecule has 0 amide bonds. The molecule has 0 spiro atoms. The van der Waals surface area contributed by atoms with Crippen LogP contribution in [-0.4, -0.2) is 19.1 Å². The van der Waals surface area contributed by atoms with Crippen LogP contribution in [0.4, 0.5) is 10.7 Å². The maximum absolute atomic E-state index is 11.8. The van der Waals surface area contributed by atoms with Crippen molar-refractivity contribution in [2.45, 2.75) is 0 Å². The number of anilines is 1. The van der Waals surface area contributed by atoms with E-state index in [1.165, 1.54) is 14.2 Å². The lowest BCUT2D eigenvalue weighted by atomic mass is 10.5. The van der Waals surface area contributed by atoms with Gasteiger partial charge in [-0.25, -0.2) is 0 Å². The molecule has 0 aliphatic rings. The fourth-order valence-corrected chi connectivity index (χ4v) is 3.53. The molecule has 0 saturated heterocycles. The van der Waals surface area contributed by atoms with Crippen LogP contribution < -0.4 is 10.4 Å². The number of hydrogen-bond donors (Lipinski definition) is 1. The number of nitrogens with zero attached hydrogens (tertiary/aromatic N) is 1. The second-order valence-corrected chi connectivity index (χ2v) is 6.05. The highest BCUT2D eigenvalue weighted by molar-refractivity contribution is 7.69. The number of rotatable bonds is 4. The van der Waals surface area contributed by atoms with E-state index in [-0.39, 0.29) is 15.3 Å². The second kappa shape index (κ2) is 4.28. The maximum Gasteiger partial charge on any atom is 0.371 e. The van der Waals surface area contributed by atoms with Crippen LogP contribution in [0, 0.1) is 10.1 Å². The Morgan fingerprint density at radius 2 is 2.07 bits per heavy atom. The van der Waals surface area contributed by atoms with Crippen molar-refractivity contribution in [3.63, 3.8) is 0 Å².